The van der Waals surface area contributed by atoms with Crippen molar-refractivity contribution in [3.05, 3.63) is 11.5 Å². The molecule has 0 bridgehead atoms. The normalized spacial score (nSPS) is 25.2. The maximum absolute atomic E-state index is 12.8. The summed E-state index contributed by atoms with van der Waals surface area (Å²) < 4.78 is 34.1. The molecule has 0 saturated carbocycles. The molecule has 0 radical (unpaired) electrons. The van der Waals surface area contributed by atoms with Crippen LogP contribution in [0.3, 0.4) is 0 Å². The third-order valence-corrected chi connectivity index (χ3v) is 5.67. The van der Waals surface area contributed by atoms with Gasteiger partial charge in [-0.15, -0.1) is 0 Å². The Morgan fingerprint density at radius 2 is 1.82 bits per heavy atom. The number of carbonyl (C=O) groups is 1. The Morgan fingerprint density at radius 1 is 1.27 bits per heavy atom. The quantitative estimate of drug-likeness (QED) is 0.537. The van der Waals surface area contributed by atoms with E-state index in [-0.39, 0.29) is 26.0 Å². The predicted octanol–water partition coefficient (Wildman–Crippen LogP) is 2.41. The number of rotatable bonds is 8. The van der Waals surface area contributed by atoms with Crippen LogP contribution in [0.15, 0.2) is 11.5 Å². The molecule has 2 unspecified atom stereocenters. The summed E-state index contributed by atoms with van der Waals surface area (Å²) in [6, 6.07) is 0. The molecule has 1 aliphatic heterocycles. The molecule has 8 heteroatoms. The zero-order valence-electron chi connectivity index (χ0n) is 13.9. The number of hydrogen-bond donors (Lipinski definition) is 1. The molecule has 7 nitrogen and oxygen atoms in total. The van der Waals surface area contributed by atoms with Crippen LogP contribution in [0, 0.1) is 5.92 Å². The monoisotopic (exact) mass is 335 g/mol. The summed E-state index contributed by atoms with van der Waals surface area (Å²) in [7, 11) is -3.37. The van der Waals surface area contributed by atoms with Crippen LogP contribution in [-0.2, 0) is 27.9 Å². The van der Waals surface area contributed by atoms with Gasteiger partial charge in [-0.05, 0) is 34.6 Å². The van der Waals surface area contributed by atoms with Gasteiger partial charge in [-0.25, -0.2) is 4.79 Å². The van der Waals surface area contributed by atoms with Gasteiger partial charge < -0.3 is 24.3 Å². The standard InChI is InChI=1S/C14H26NO6P/c1-6-18-13(16)14(5)11(12(15)10(4)21-14)9-22(17,19-7-2)20-8-3/h11H,6-9,15H2,1-5H3. The second-order valence-electron chi connectivity index (χ2n) is 5.12. The molecule has 2 N–H and O–H groups in total. The van der Waals surface area contributed by atoms with E-state index in [1.165, 1.54) is 0 Å². The van der Waals surface area contributed by atoms with E-state index in [1.54, 1.807) is 34.6 Å². The fraction of sp³-hybridized carbons (Fsp3) is 0.786. The molecule has 0 amide bonds. The van der Waals surface area contributed by atoms with E-state index in [2.05, 4.69) is 0 Å². The Hall–Kier alpha value is -1.04. The Labute approximate surface area is 131 Å². The first-order chi connectivity index (χ1) is 10.2. The largest absolute Gasteiger partial charge is 0.478 e. The SMILES string of the molecule is CCOC(=O)C1(C)OC(C)=C(N)C1CP(=O)(OCC)OCC. The van der Waals surface area contributed by atoms with E-state index in [9.17, 15) is 9.36 Å². The van der Waals surface area contributed by atoms with E-state index in [0.29, 0.717) is 11.5 Å². The van der Waals surface area contributed by atoms with E-state index < -0.39 is 25.1 Å². The molecule has 0 aromatic rings. The van der Waals surface area contributed by atoms with Gasteiger partial charge in [0.25, 0.3) is 0 Å². The lowest BCUT2D eigenvalue weighted by Gasteiger charge is -2.31. The fourth-order valence-corrected chi connectivity index (χ4v) is 4.55. The van der Waals surface area contributed by atoms with E-state index in [4.69, 9.17) is 24.3 Å². The van der Waals surface area contributed by atoms with Crippen molar-refractivity contribution in [2.75, 3.05) is 26.0 Å². The van der Waals surface area contributed by atoms with Crippen molar-refractivity contribution in [2.24, 2.45) is 11.7 Å². The van der Waals surface area contributed by atoms with Gasteiger partial charge in [0, 0.05) is 0 Å². The summed E-state index contributed by atoms with van der Waals surface area (Å²) in [6.07, 6.45) is -0.0346. The van der Waals surface area contributed by atoms with Gasteiger partial charge in [-0.3, -0.25) is 4.57 Å². The predicted molar refractivity (Wildman–Crippen MR) is 82.2 cm³/mol. The molecule has 0 saturated heterocycles. The third-order valence-electron chi connectivity index (χ3n) is 3.55. The Bertz CT molecular complexity index is 482. The minimum absolute atomic E-state index is 0.0346. The van der Waals surface area contributed by atoms with Crippen molar-refractivity contribution in [1.82, 2.24) is 0 Å². The van der Waals surface area contributed by atoms with Crippen LogP contribution in [0.1, 0.15) is 34.6 Å². The fourth-order valence-electron chi connectivity index (χ4n) is 2.48. The van der Waals surface area contributed by atoms with Crippen molar-refractivity contribution in [3.63, 3.8) is 0 Å². The maximum Gasteiger partial charge on any atom is 0.350 e. The molecule has 2 atom stereocenters. The topological polar surface area (TPSA) is 97.1 Å². The summed E-state index contributed by atoms with van der Waals surface area (Å²) in [4.78, 5) is 12.3. The average molecular weight is 335 g/mol. The van der Waals surface area contributed by atoms with Crippen LogP contribution >= 0.6 is 7.60 Å². The molecule has 0 aromatic heterocycles. The highest BCUT2D eigenvalue weighted by Crippen LogP contribution is 2.54. The molecule has 0 aromatic carbocycles. The zero-order chi connectivity index (χ0) is 17.0. The van der Waals surface area contributed by atoms with Gasteiger partial charge in [0.15, 0.2) is 0 Å². The molecule has 128 valence electrons. The second-order valence-corrected chi connectivity index (χ2v) is 7.23. The summed E-state index contributed by atoms with van der Waals surface area (Å²) >= 11 is 0. The molecule has 1 aliphatic rings. The summed E-state index contributed by atoms with van der Waals surface area (Å²) in [5.41, 5.74) is 5.09. The highest BCUT2D eigenvalue weighted by atomic mass is 31.2. The van der Waals surface area contributed by atoms with Gasteiger partial charge in [0.1, 0.15) is 5.76 Å². The number of nitrogens with two attached hydrogens (primary N) is 1. The maximum atomic E-state index is 12.8. The van der Waals surface area contributed by atoms with Gasteiger partial charge in [-0.2, -0.15) is 0 Å². The highest BCUT2D eigenvalue weighted by Gasteiger charge is 2.54. The van der Waals surface area contributed by atoms with Crippen molar-refractivity contribution in [1.29, 1.82) is 0 Å². The first-order valence-corrected chi connectivity index (χ1v) is 9.17. The van der Waals surface area contributed by atoms with Crippen molar-refractivity contribution in [3.8, 4) is 0 Å². The van der Waals surface area contributed by atoms with Crippen LogP contribution in [-0.4, -0.2) is 37.6 Å². The minimum Gasteiger partial charge on any atom is -0.478 e. The molecule has 1 rings (SSSR count). The zero-order valence-corrected chi connectivity index (χ0v) is 14.8. The number of carbonyl (C=O) groups excluding carboxylic acids is 1. The van der Waals surface area contributed by atoms with E-state index >= 15 is 0 Å². The highest BCUT2D eigenvalue weighted by molar-refractivity contribution is 7.53. The van der Waals surface area contributed by atoms with E-state index in [0.717, 1.165) is 0 Å². The average Bonchev–Trinajstić information content (AvgIpc) is 2.64. The van der Waals surface area contributed by atoms with Crippen molar-refractivity contribution >= 4 is 13.6 Å². The van der Waals surface area contributed by atoms with E-state index in [1.807, 2.05) is 0 Å². The second kappa shape index (κ2) is 7.49. The smallest absolute Gasteiger partial charge is 0.350 e. The molecule has 0 aliphatic carbocycles. The van der Waals surface area contributed by atoms with Crippen LogP contribution in [0.4, 0.5) is 0 Å². The van der Waals surface area contributed by atoms with Gasteiger partial charge in [0.05, 0.1) is 37.6 Å². The van der Waals surface area contributed by atoms with Gasteiger partial charge in [-0.1, -0.05) is 0 Å². The van der Waals surface area contributed by atoms with Crippen LogP contribution in [0.25, 0.3) is 0 Å². The number of allylic oxidation sites excluding steroid dienone is 1. The summed E-state index contributed by atoms with van der Waals surface area (Å²) in [5, 5.41) is 0. The Kier molecular flexibility index (Phi) is 6.47. The Morgan fingerprint density at radius 3 is 2.27 bits per heavy atom. The third kappa shape index (κ3) is 3.83. The summed E-state index contributed by atoms with van der Waals surface area (Å²) in [6.45, 7) is 9.11. The molecule has 0 spiro atoms. The molecular weight excluding hydrogens is 309 g/mol. The first kappa shape index (κ1) is 19.0. The lowest BCUT2D eigenvalue weighted by molar-refractivity contribution is -0.166. The van der Waals surface area contributed by atoms with Crippen molar-refractivity contribution < 1.29 is 27.9 Å². The number of ether oxygens (including phenoxy) is 2. The van der Waals surface area contributed by atoms with Gasteiger partial charge >= 0.3 is 13.6 Å². The lowest BCUT2D eigenvalue weighted by Crippen LogP contribution is -2.46. The Balaban J connectivity index is 3.09. The van der Waals surface area contributed by atoms with Crippen LogP contribution < -0.4 is 5.73 Å². The molecule has 0 fully saturated rings. The first-order valence-electron chi connectivity index (χ1n) is 7.44. The molecule has 1 heterocycles. The molecule has 22 heavy (non-hydrogen) atoms. The number of esters is 1. The lowest BCUT2D eigenvalue weighted by atomic mass is 9.90. The number of hydrogen-bond acceptors (Lipinski definition) is 7. The van der Waals surface area contributed by atoms with Crippen molar-refractivity contribution in [2.45, 2.75) is 40.2 Å². The molecular formula is C14H26NO6P. The van der Waals surface area contributed by atoms with Crippen LogP contribution in [0.5, 0.6) is 0 Å². The summed E-state index contributed by atoms with van der Waals surface area (Å²) in [5.74, 6) is -0.741. The van der Waals surface area contributed by atoms with Gasteiger partial charge in [0.2, 0.25) is 5.60 Å². The van der Waals surface area contributed by atoms with Crippen LogP contribution in [0.2, 0.25) is 0 Å². The minimum atomic E-state index is -3.37.